The number of alkyl halides is 10. The van der Waals surface area contributed by atoms with E-state index in [1.54, 1.807) is 27.7 Å². The van der Waals surface area contributed by atoms with Gasteiger partial charge in [0.1, 0.15) is 29.2 Å². The Hall–Kier alpha value is -3.15. The average molecular weight is 874 g/mol. The summed E-state index contributed by atoms with van der Waals surface area (Å²) >= 11 is 0. The molecule has 1 amide bonds. The van der Waals surface area contributed by atoms with Crippen molar-refractivity contribution in [3.8, 4) is 0 Å². The molecular formula is C36H57F10N7O6. The van der Waals surface area contributed by atoms with E-state index in [2.05, 4.69) is 25.4 Å². The molecule has 2 aromatic rings. The molecule has 342 valence electrons. The van der Waals surface area contributed by atoms with Crippen LogP contribution in [0.2, 0.25) is 0 Å². The summed E-state index contributed by atoms with van der Waals surface area (Å²) in [5, 5.41) is 26.3. The molecule has 0 saturated heterocycles. The summed E-state index contributed by atoms with van der Waals surface area (Å²) in [4.78, 5) is 14.5. The standard InChI is InChI=1S/C36H57F10N7O6/c1-14-28(5,6)33(38,35(42,43)44)36(45,46)59-31(11,15-2)32(37,34(39,40)41)27(55)51(16-23-18-52(49-47-23)29(7,8)25(54)20-56-12)17-24-19-53(50-48-24)30(9,10)26(21-57-13)58-22(3)4/h18-19,22,25-26,54H,14-17,20-21H2,1-13H3. The van der Waals surface area contributed by atoms with Gasteiger partial charge in [0, 0.05) is 19.6 Å². The lowest BCUT2D eigenvalue weighted by atomic mass is 9.72. The third-order valence-electron chi connectivity index (χ3n) is 11.0. The lowest BCUT2D eigenvalue weighted by Gasteiger charge is -2.50. The van der Waals surface area contributed by atoms with E-state index in [1.165, 1.54) is 38.9 Å². The number of hydrogen-bond donors (Lipinski definition) is 1. The molecule has 0 radical (unpaired) electrons. The summed E-state index contributed by atoms with van der Waals surface area (Å²) in [6.07, 6.45) is -21.5. The van der Waals surface area contributed by atoms with Gasteiger partial charge in [-0.2, -0.15) is 35.1 Å². The number of aromatic nitrogens is 6. The maximum atomic E-state index is 17.3. The molecule has 0 aliphatic rings. The molecule has 2 rings (SSSR count). The fourth-order valence-electron chi connectivity index (χ4n) is 6.24. The van der Waals surface area contributed by atoms with Crippen LogP contribution in [-0.4, -0.2) is 127 Å². The van der Waals surface area contributed by atoms with Crippen molar-refractivity contribution in [2.75, 3.05) is 27.4 Å². The van der Waals surface area contributed by atoms with Crippen molar-refractivity contribution >= 4 is 5.91 Å². The normalized spacial score (nSPS) is 18.0. The molecule has 5 atom stereocenters. The van der Waals surface area contributed by atoms with Crippen molar-refractivity contribution in [2.45, 2.75) is 167 Å². The second-order valence-corrected chi connectivity index (χ2v) is 16.6. The lowest BCUT2D eigenvalue weighted by Crippen LogP contribution is -2.72. The van der Waals surface area contributed by atoms with E-state index in [0.29, 0.717) is 20.8 Å². The zero-order chi connectivity index (χ0) is 46.0. The number of amides is 1. The van der Waals surface area contributed by atoms with Crippen LogP contribution in [0.4, 0.5) is 43.9 Å². The smallest absolute Gasteiger partial charge is 0.388 e. The number of rotatable bonds is 22. The minimum Gasteiger partial charge on any atom is -0.388 e. The van der Waals surface area contributed by atoms with Gasteiger partial charge >= 0.3 is 24.1 Å². The molecule has 59 heavy (non-hydrogen) atoms. The van der Waals surface area contributed by atoms with Crippen LogP contribution in [0.25, 0.3) is 0 Å². The molecule has 23 heteroatoms. The number of hydrogen-bond acceptors (Lipinski definition) is 10. The van der Waals surface area contributed by atoms with Crippen molar-refractivity contribution in [2.24, 2.45) is 5.41 Å². The van der Waals surface area contributed by atoms with Gasteiger partial charge < -0.3 is 29.0 Å². The Bertz CT molecular complexity index is 1690. The third-order valence-corrected chi connectivity index (χ3v) is 11.0. The Morgan fingerprint density at radius 2 is 1.20 bits per heavy atom. The number of ether oxygens (including phenoxy) is 4. The topological polar surface area (TPSA) is 139 Å². The van der Waals surface area contributed by atoms with E-state index < -0.39 is 95.9 Å². The van der Waals surface area contributed by atoms with Crippen LogP contribution in [0.1, 0.15) is 100 Å². The predicted molar refractivity (Wildman–Crippen MR) is 191 cm³/mol. The molecule has 0 spiro atoms. The Kier molecular flexibility index (Phi) is 15.9. The van der Waals surface area contributed by atoms with Gasteiger partial charge in [-0.15, -0.1) is 10.2 Å². The van der Waals surface area contributed by atoms with Crippen LogP contribution < -0.4 is 0 Å². The number of aliphatic hydroxyl groups is 1. The van der Waals surface area contributed by atoms with Gasteiger partial charge in [0.05, 0.1) is 55.9 Å². The van der Waals surface area contributed by atoms with E-state index in [-0.39, 0.29) is 42.5 Å². The van der Waals surface area contributed by atoms with Crippen LogP contribution in [0.3, 0.4) is 0 Å². The van der Waals surface area contributed by atoms with Crippen LogP contribution in [0.5, 0.6) is 0 Å². The number of nitrogens with zero attached hydrogens (tertiary/aromatic N) is 7. The second kappa shape index (κ2) is 18.1. The van der Waals surface area contributed by atoms with Crippen LogP contribution in [-0.2, 0) is 47.9 Å². The fraction of sp³-hybridized carbons (Fsp3) is 0.861. The maximum absolute atomic E-state index is 17.3. The minimum atomic E-state index is -6.48. The summed E-state index contributed by atoms with van der Waals surface area (Å²) in [5.74, 6) is -2.63. The van der Waals surface area contributed by atoms with Crippen LogP contribution in [0, 0.1) is 5.41 Å². The van der Waals surface area contributed by atoms with Gasteiger partial charge in [0.25, 0.3) is 11.6 Å². The maximum Gasteiger partial charge on any atom is 0.434 e. The van der Waals surface area contributed by atoms with E-state index in [0.717, 1.165) is 17.8 Å². The van der Waals surface area contributed by atoms with Crippen molar-refractivity contribution < 1.29 is 72.8 Å². The Balaban J connectivity index is 2.88. The highest BCUT2D eigenvalue weighted by molar-refractivity contribution is 5.87. The number of methoxy groups -OCH3 is 2. The second-order valence-electron chi connectivity index (χ2n) is 16.6. The molecular weight excluding hydrogens is 816 g/mol. The molecule has 2 aromatic heterocycles. The van der Waals surface area contributed by atoms with Crippen molar-refractivity contribution in [1.29, 1.82) is 0 Å². The number of carbonyl (C=O) groups is 1. The Morgan fingerprint density at radius 3 is 1.58 bits per heavy atom. The van der Waals surface area contributed by atoms with Gasteiger partial charge in [0.2, 0.25) is 0 Å². The summed E-state index contributed by atoms with van der Waals surface area (Å²) < 4.78 is 176. The van der Waals surface area contributed by atoms with Gasteiger partial charge in [-0.1, -0.05) is 38.1 Å². The highest BCUT2D eigenvalue weighted by atomic mass is 19.4. The molecule has 5 unspecified atom stereocenters. The monoisotopic (exact) mass is 873 g/mol. The summed E-state index contributed by atoms with van der Waals surface area (Å²) in [7, 11) is 2.71. The number of carbonyl (C=O) groups excluding carboxylic acids is 1. The van der Waals surface area contributed by atoms with Gasteiger partial charge in [-0.3, -0.25) is 4.79 Å². The van der Waals surface area contributed by atoms with Crippen molar-refractivity contribution in [3.63, 3.8) is 0 Å². The zero-order valence-corrected chi connectivity index (χ0v) is 35.5. The summed E-state index contributed by atoms with van der Waals surface area (Å²) in [6, 6.07) is 0. The fourth-order valence-corrected chi connectivity index (χ4v) is 6.24. The van der Waals surface area contributed by atoms with E-state index in [4.69, 9.17) is 14.2 Å². The first-order valence-electron chi connectivity index (χ1n) is 18.6. The lowest BCUT2D eigenvalue weighted by molar-refractivity contribution is -0.442. The minimum absolute atomic E-state index is 0.0136. The van der Waals surface area contributed by atoms with E-state index in [1.807, 2.05) is 0 Å². The quantitative estimate of drug-likeness (QED) is 0.122. The highest BCUT2D eigenvalue weighted by Gasteiger charge is 2.82. The van der Waals surface area contributed by atoms with Crippen molar-refractivity contribution in [3.05, 3.63) is 23.8 Å². The third kappa shape index (κ3) is 9.99. The molecule has 0 aliphatic carbocycles. The number of halogens is 10. The van der Waals surface area contributed by atoms with Crippen LogP contribution >= 0.6 is 0 Å². The number of aliphatic hydroxyl groups excluding tert-OH is 1. The highest BCUT2D eigenvalue weighted by Crippen LogP contribution is 2.60. The summed E-state index contributed by atoms with van der Waals surface area (Å²) in [5.41, 5.74) is -21.5. The molecule has 0 aliphatic heterocycles. The van der Waals surface area contributed by atoms with Crippen LogP contribution in [0.15, 0.2) is 12.4 Å². The summed E-state index contributed by atoms with van der Waals surface area (Å²) in [6.45, 7) is 10.0. The first kappa shape index (κ1) is 52.0. The first-order chi connectivity index (χ1) is 26.6. The molecule has 0 aromatic carbocycles. The first-order valence-corrected chi connectivity index (χ1v) is 18.6. The molecule has 0 saturated carbocycles. The van der Waals surface area contributed by atoms with Gasteiger partial charge in [-0.25, -0.2) is 18.1 Å². The molecule has 13 nitrogen and oxygen atoms in total. The zero-order valence-electron chi connectivity index (χ0n) is 35.5. The van der Waals surface area contributed by atoms with Gasteiger partial charge in [0.15, 0.2) is 0 Å². The molecule has 0 bridgehead atoms. The van der Waals surface area contributed by atoms with E-state index in [9.17, 15) is 23.1 Å². The average Bonchev–Trinajstić information content (AvgIpc) is 3.79. The SMILES string of the molecule is CCC(C)(C)C(F)(C(F)(F)F)C(F)(F)OC(C)(CC)C(F)(C(=O)N(Cc1cn(C(C)(C)C(O)COC)nn1)Cc1cn(C(C)(C)C(COC)OC(C)C)nn1)C(F)(F)F. The van der Waals surface area contributed by atoms with E-state index >= 15 is 30.7 Å². The van der Waals surface area contributed by atoms with Gasteiger partial charge in [-0.05, 0) is 61.3 Å². The predicted octanol–water partition coefficient (Wildman–Crippen LogP) is 7.07. The largest absolute Gasteiger partial charge is 0.434 e. The Labute approximate surface area is 337 Å². The molecule has 1 N–H and O–H groups in total. The molecule has 2 heterocycles. The Morgan fingerprint density at radius 1 is 0.746 bits per heavy atom. The van der Waals surface area contributed by atoms with Crippen molar-refractivity contribution in [1.82, 2.24) is 34.9 Å². The molecule has 0 fully saturated rings.